The van der Waals surface area contributed by atoms with Crippen LogP contribution in [-0.2, 0) is 11.2 Å². The SMILES string of the molecule is CC=C(C(=O)O)c1c([N+](=O)[O-])cc(CCCCCCCC)cc1[N+](=O)[O-]. The Hall–Kier alpha value is -2.77. The summed E-state index contributed by atoms with van der Waals surface area (Å²) < 4.78 is 0. The zero-order valence-electron chi connectivity index (χ0n) is 15.1. The standard InChI is InChI=1S/C18H24N2O6/c1-3-5-6-7-8-9-10-13-11-15(19(23)24)17(14(4-2)18(21)22)16(12-13)20(25)26/h4,11-12H,3,5-10H2,1-2H3,(H,21,22). The van der Waals surface area contributed by atoms with Crippen molar-refractivity contribution in [2.45, 2.75) is 58.8 Å². The van der Waals surface area contributed by atoms with Crippen molar-refractivity contribution < 1.29 is 19.7 Å². The molecule has 8 heteroatoms. The number of hydrogen-bond donors (Lipinski definition) is 1. The molecular weight excluding hydrogens is 340 g/mol. The summed E-state index contributed by atoms with van der Waals surface area (Å²) in [5, 5.41) is 32.0. The van der Waals surface area contributed by atoms with Gasteiger partial charge < -0.3 is 5.11 Å². The monoisotopic (exact) mass is 364 g/mol. The number of allylic oxidation sites excluding steroid dienone is 1. The molecule has 0 unspecified atom stereocenters. The number of aliphatic carboxylic acids is 1. The molecule has 0 aliphatic rings. The molecule has 0 amide bonds. The van der Waals surface area contributed by atoms with Gasteiger partial charge in [0.05, 0.1) is 15.4 Å². The zero-order chi connectivity index (χ0) is 19.7. The minimum Gasteiger partial charge on any atom is -0.478 e. The highest BCUT2D eigenvalue weighted by Gasteiger charge is 2.31. The fraction of sp³-hybridized carbons (Fsp3) is 0.500. The van der Waals surface area contributed by atoms with Crippen molar-refractivity contribution in [3.63, 3.8) is 0 Å². The highest BCUT2D eigenvalue weighted by Crippen LogP contribution is 2.36. The van der Waals surface area contributed by atoms with Gasteiger partial charge in [0.2, 0.25) is 0 Å². The molecule has 0 aliphatic heterocycles. The molecule has 1 aromatic carbocycles. The third kappa shape index (κ3) is 5.65. The van der Waals surface area contributed by atoms with Crippen LogP contribution in [0.15, 0.2) is 18.2 Å². The Kier molecular flexibility index (Phi) is 8.41. The lowest BCUT2D eigenvalue weighted by Crippen LogP contribution is -2.08. The molecule has 1 aromatic rings. The van der Waals surface area contributed by atoms with Crippen molar-refractivity contribution in [3.05, 3.63) is 49.6 Å². The van der Waals surface area contributed by atoms with Crippen molar-refractivity contribution in [2.75, 3.05) is 0 Å². The minimum absolute atomic E-state index is 0.450. The maximum atomic E-state index is 11.4. The Bertz CT molecular complexity index is 677. The number of aryl methyl sites for hydroxylation is 1. The average Bonchev–Trinajstić information content (AvgIpc) is 2.58. The van der Waals surface area contributed by atoms with Gasteiger partial charge in [-0.3, -0.25) is 20.2 Å². The molecule has 0 heterocycles. The summed E-state index contributed by atoms with van der Waals surface area (Å²) in [5.74, 6) is -1.44. The van der Waals surface area contributed by atoms with Crippen LogP contribution in [0.5, 0.6) is 0 Å². The topological polar surface area (TPSA) is 124 Å². The predicted molar refractivity (Wildman–Crippen MR) is 98.1 cm³/mol. The molecule has 0 saturated carbocycles. The summed E-state index contributed by atoms with van der Waals surface area (Å²) in [6.45, 7) is 3.50. The van der Waals surface area contributed by atoms with Crippen LogP contribution in [0.3, 0.4) is 0 Å². The molecule has 0 fully saturated rings. The molecule has 0 saturated heterocycles. The van der Waals surface area contributed by atoms with Crippen molar-refractivity contribution in [1.82, 2.24) is 0 Å². The van der Waals surface area contributed by atoms with Crippen molar-refractivity contribution in [3.8, 4) is 0 Å². The van der Waals surface area contributed by atoms with Crippen LogP contribution in [0.25, 0.3) is 5.57 Å². The number of carbonyl (C=O) groups is 1. The van der Waals surface area contributed by atoms with Crippen molar-refractivity contribution in [2.24, 2.45) is 0 Å². The van der Waals surface area contributed by atoms with E-state index in [1.54, 1.807) is 0 Å². The smallest absolute Gasteiger partial charge is 0.336 e. The Labute approximate surface area is 151 Å². The number of rotatable bonds is 11. The lowest BCUT2D eigenvalue weighted by atomic mass is 9.96. The molecule has 1 N–H and O–H groups in total. The van der Waals surface area contributed by atoms with Gasteiger partial charge >= 0.3 is 5.97 Å². The Morgan fingerprint density at radius 1 is 1.04 bits per heavy atom. The van der Waals surface area contributed by atoms with Gasteiger partial charge in [0, 0.05) is 12.1 Å². The Morgan fingerprint density at radius 3 is 1.96 bits per heavy atom. The first-order valence-corrected chi connectivity index (χ1v) is 8.69. The van der Waals surface area contributed by atoms with Crippen LogP contribution in [-0.4, -0.2) is 20.9 Å². The van der Waals surface area contributed by atoms with E-state index in [1.165, 1.54) is 19.1 Å². The first kappa shape index (κ1) is 21.3. The largest absolute Gasteiger partial charge is 0.478 e. The molecular formula is C18H24N2O6. The number of unbranched alkanes of at least 4 members (excludes halogenated alkanes) is 5. The summed E-state index contributed by atoms with van der Waals surface area (Å²) in [6.07, 6.45) is 7.79. The predicted octanol–water partition coefficient (Wildman–Crippen LogP) is 4.89. The summed E-state index contributed by atoms with van der Waals surface area (Å²) in [7, 11) is 0. The van der Waals surface area contributed by atoms with E-state index >= 15 is 0 Å². The number of nitro benzene ring substituents is 2. The van der Waals surface area contributed by atoms with Crippen molar-refractivity contribution in [1.29, 1.82) is 0 Å². The van der Waals surface area contributed by atoms with Gasteiger partial charge in [0.25, 0.3) is 11.4 Å². The fourth-order valence-corrected chi connectivity index (χ4v) is 2.86. The lowest BCUT2D eigenvalue weighted by Gasteiger charge is -2.08. The van der Waals surface area contributed by atoms with Gasteiger partial charge in [-0.2, -0.15) is 0 Å². The van der Waals surface area contributed by atoms with Crippen LogP contribution in [0.2, 0.25) is 0 Å². The second-order valence-electron chi connectivity index (χ2n) is 6.05. The van der Waals surface area contributed by atoms with Gasteiger partial charge in [0.15, 0.2) is 0 Å². The van der Waals surface area contributed by atoms with E-state index in [2.05, 4.69) is 6.92 Å². The van der Waals surface area contributed by atoms with Gasteiger partial charge in [-0.25, -0.2) is 4.79 Å². The molecule has 26 heavy (non-hydrogen) atoms. The quantitative estimate of drug-likeness (QED) is 0.258. The van der Waals surface area contributed by atoms with Crippen LogP contribution in [0.1, 0.15) is 63.5 Å². The first-order valence-electron chi connectivity index (χ1n) is 8.69. The first-order chi connectivity index (χ1) is 12.3. The van der Waals surface area contributed by atoms with Gasteiger partial charge in [-0.1, -0.05) is 45.1 Å². The summed E-state index contributed by atoms with van der Waals surface area (Å²) in [5.41, 5.74) is -1.52. The number of carboxylic acid groups (broad SMARTS) is 1. The van der Waals surface area contributed by atoms with Crippen LogP contribution < -0.4 is 0 Å². The van der Waals surface area contributed by atoms with E-state index in [0.29, 0.717) is 12.0 Å². The number of carboxylic acids is 1. The normalized spacial score (nSPS) is 11.4. The molecule has 0 spiro atoms. The van der Waals surface area contributed by atoms with Crippen molar-refractivity contribution >= 4 is 22.9 Å². The van der Waals surface area contributed by atoms with E-state index in [1.807, 2.05) is 0 Å². The highest BCUT2D eigenvalue weighted by atomic mass is 16.6. The summed E-state index contributed by atoms with van der Waals surface area (Å²) in [6, 6.07) is 2.50. The third-order valence-corrected chi connectivity index (χ3v) is 4.16. The molecule has 0 aromatic heterocycles. The van der Waals surface area contributed by atoms with Gasteiger partial charge in [-0.15, -0.1) is 0 Å². The summed E-state index contributed by atoms with van der Waals surface area (Å²) in [4.78, 5) is 32.6. The Morgan fingerprint density at radius 2 is 1.54 bits per heavy atom. The molecule has 0 atom stereocenters. The maximum absolute atomic E-state index is 11.4. The molecule has 1 rings (SSSR count). The van der Waals surface area contributed by atoms with E-state index in [9.17, 15) is 30.1 Å². The van der Waals surface area contributed by atoms with E-state index in [0.717, 1.165) is 44.6 Å². The summed E-state index contributed by atoms with van der Waals surface area (Å²) >= 11 is 0. The molecule has 0 bridgehead atoms. The van der Waals surface area contributed by atoms with E-state index in [4.69, 9.17) is 0 Å². The van der Waals surface area contributed by atoms with Gasteiger partial charge in [0.1, 0.15) is 5.56 Å². The van der Waals surface area contributed by atoms with E-state index < -0.39 is 38.3 Å². The fourth-order valence-electron chi connectivity index (χ4n) is 2.86. The Balaban J connectivity index is 3.19. The van der Waals surface area contributed by atoms with Crippen LogP contribution >= 0.6 is 0 Å². The minimum atomic E-state index is -1.44. The van der Waals surface area contributed by atoms with Gasteiger partial charge in [-0.05, 0) is 25.3 Å². The number of nitrogens with zero attached hydrogens (tertiary/aromatic N) is 2. The molecule has 8 nitrogen and oxygen atoms in total. The van der Waals surface area contributed by atoms with E-state index in [-0.39, 0.29) is 0 Å². The lowest BCUT2D eigenvalue weighted by molar-refractivity contribution is -0.394. The second kappa shape index (κ2) is 10.3. The van der Waals surface area contributed by atoms with Crippen LogP contribution in [0, 0.1) is 20.2 Å². The zero-order valence-corrected chi connectivity index (χ0v) is 15.1. The third-order valence-electron chi connectivity index (χ3n) is 4.16. The molecule has 0 radical (unpaired) electrons. The molecule has 142 valence electrons. The number of nitro groups is 2. The number of hydrogen-bond acceptors (Lipinski definition) is 5. The molecule has 0 aliphatic carbocycles. The second-order valence-corrected chi connectivity index (χ2v) is 6.05. The average molecular weight is 364 g/mol. The number of benzene rings is 1. The maximum Gasteiger partial charge on any atom is 0.336 e. The van der Waals surface area contributed by atoms with Crippen LogP contribution in [0.4, 0.5) is 11.4 Å². The highest BCUT2D eigenvalue weighted by molar-refractivity contribution is 6.18.